The highest BCUT2D eigenvalue weighted by atomic mass is 35.5. The van der Waals surface area contributed by atoms with Crippen molar-refractivity contribution in [3.8, 4) is 0 Å². The van der Waals surface area contributed by atoms with E-state index >= 15 is 0 Å². The van der Waals surface area contributed by atoms with Crippen molar-refractivity contribution in [2.75, 3.05) is 19.6 Å². The summed E-state index contributed by atoms with van der Waals surface area (Å²) in [6, 6.07) is 0. The highest BCUT2D eigenvalue weighted by Crippen LogP contribution is 2.66. The molecule has 0 radical (unpaired) electrons. The molecule has 5 fully saturated rings. The molecule has 2 nitrogen and oxygen atoms in total. The lowest BCUT2D eigenvalue weighted by molar-refractivity contribution is -0.150. The number of rotatable bonds is 3. The lowest BCUT2D eigenvalue weighted by atomic mass is 9.44. The third-order valence-corrected chi connectivity index (χ3v) is 7.01. The van der Waals surface area contributed by atoms with Gasteiger partial charge in [-0.05, 0) is 93.3 Å². The van der Waals surface area contributed by atoms with Gasteiger partial charge < -0.3 is 4.90 Å². The summed E-state index contributed by atoms with van der Waals surface area (Å²) in [6.07, 6.45) is 11.5. The molecule has 0 aromatic heterocycles. The standard InChI is InChI=1S/C17H26ClNO/c18-15(20)17-9-13-6-14(10-17)8-16(7-13,11-17)12-19-4-2-1-3-5-19/h13-14H,1-12H2/t13-,14-,16?,17?/m0/s1. The van der Waals surface area contributed by atoms with Gasteiger partial charge in [0, 0.05) is 12.0 Å². The van der Waals surface area contributed by atoms with Crippen molar-refractivity contribution < 1.29 is 4.79 Å². The summed E-state index contributed by atoms with van der Waals surface area (Å²) in [5.74, 6) is 1.56. The van der Waals surface area contributed by atoms with Gasteiger partial charge in [-0.1, -0.05) is 6.42 Å². The average molecular weight is 296 g/mol. The zero-order chi connectivity index (χ0) is 13.8. The van der Waals surface area contributed by atoms with Gasteiger partial charge in [-0.15, -0.1) is 0 Å². The van der Waals surface area contributed by atoms with Crippen molar-refractivity contribution >= 4 is 16.8 Å². The topological polar surface area (TPSA) is 20.3 Å². The maximum Gasteiger partial charge on any atom is 0.227 e. The SMILES string of the molecule is O=C(Cl)C12C[C@H]3C[C@@H](CC(CN4CCCCC4)(C3)C1)C2. The van der Waals surface area contributed by atoms with Crippen LogP contribution in [0.15, 0.2) is 0 Å². The minimum Gasteiger partial charge on any atom is -0.303 e. The lowest BCUT2D eigenvalue weighted by Crippen LogP contribution is -2.57. The van der Waals surface area contributed by atoms with Crippen molar-refractivity contribution in [3.63, 3.8) is 0 Å². The van der Waals surface area contributed by atoms with E-state index in [1.807, 2.05) is 0 Å². The molecule has 0 N–H and O–H groups in total. The Bertz CT molecular complexity index is 401. The Morgan fingerprint density at radius 2 is 1.70 bits per heavy atom. The van der Waals surface area contributed by atoms with E-state index in [2.05, 4.69) is 4.90 Å². The van der Waals surface area contributed by atoms with E-state index in [1.54, 1.807) is 0 Å². The minimum atomic E-state index is -0.137. The van der Waals surface area contributed by atoms with Crippen LogP contribution in [0.25, 0.3) is 0 Å². The fourth-order valence-electron chi connectivity index (χ4n) is 6.46. The van der Waals surface area contributed by atoms with Crippen LogP contribution in [0, 0.1) is 22.7 Å². The van der Waals surface area contributed by atoms with Gasteiger partial charge in [-0.3, -0.25) is 4.79 Å². The highest BCUT2D eigenvalue weighted by Gasteiger charge is 2.60. The van der Waals surface area contributed by atoms with Crippen LogP contribution in [-0.4, -0.2) is 29.8 Å². The first-order valence-corrected chi connectivity index (χ1v) is 8.89. The first-order valence-electron chi connectivity index (χ1n) is 8.52. The molecule has 4 saturated carbocycles. The quantitative estimate of drug-likeness (QED) is 0.738. The average Bonchev–Trinajstić information content (AvgIpc) is 2.37. The van der Waals surface area contributed by atoms with Crippen LogP contribution >= 0.6 is 11.6 Å². The van der Waals surface area contributed by atoms with Crippen molar-refractivity contribution in [3.05, 3.63) is 0 Å². The second kappa shape index (κ2) is 4.71. The monoisotopic (exact) mass is 295 g/mol. The van der Waals surface area contributed by atoms with E-state index in [9.17, 15) is 4.79 Å². The Morgan fingerprint density at radius 1 is 1.05 bits per heavy atom. The van der Waals surface area contributed by atoms with Crippen molar-refractivity contribution in [1.82, 2.24) is 4.90 Å². The van der Waals surface area contributed by atoms with E-state index in [0.717, 1.165) is 31.1 Å². The zero-order valence-corrected chi connectivity index (χ0v) is 13.1. The van der Waals surface area contributed by atoms with Crippen LogP contribution in [0.1, 0.15) is 57.8 Å². The molecule has 3 heteroatoms. The summed E-state index contributed by atoms with van der Waals surface area (Å²) >= 11 is 6.05. The molecular weight excluding hydrogens is 270 g/mol. The molecular formula is C17H26ClNO. The van der Waals surface area contributed by atoms with Crippen molar-refractivity contribution in [1.29, 1.82) is 0 Å². The lowest BCUT2D eigenvalue weighted by Gasteiger charge is -2.62. The van der Waals surface area contributed by atoms with Gasteiger partial charge in [0.25, 0.3) is 0 Å². The Kier molecular flexibility index (Phi) is 3.20. The number of likely N-dealkylation sites (tertiary alicyclic amines) is 1. The van der Waals surface area contributed by atoms with Gasteiger partial charge >= 0.3 is 0 Å². The molecule has 5 rings (SSSR count). The molecule has 1 aliphatic heterocycles. The molecule has 4 aliphatic carbocycles. The summed E-state index contributed by atoms with van der Waals surface area (Å²) in [7, 11) is 0. The Morgan fingerprint density at radius 3 is 2.30 bits per heavy atom. The zero-order valence-electron chi connectivity index (χ0n) is 12.4. The third-order valence-electron chi connectivity index (χ3n) is 6.61. The van der Waals surface area contributed by atoms with E-state index in [-0.39, 0.29) is 10.7 Å². The number of piperidine rings is 1. The first-order chi connectivity index (χ1) is 9.59. The fourth-order valence-corrected chi connectivity index (χ4v) is 6.68. The van der Waals surface area contributed by atoms with Crippen LogP contribution in [0.4, 0.5) is 0 Å². The van der Waals surface area contributed by atoms with E-state index in [1.165, 1.54) is 58.2 Å². The van der Waals surface area contributed by atoms with Crippen LogP contribution in [-0.2, 0) is 4.79 Å². The number of hydrogen-bond donors (Lipinski definition) is 0. The van der Waals surface area contributed by atoms with Gasteiger partial charge in [-0.2, -0.15) is 0 Å². The highest BCUT2D eigenvalue weighted by molar-refractivity contribution is 6.64. The Labute approximate surface area is 127 Å². The number of carbonyl (C=O) groups is 1. The summed E-state index contributed by atoms with van der Waals surface area (Å²) < 4.78 is 0. The molecule has 0 aromatic rings. The second-order valence-corrected chi connectivity index (χ2v) is 8.70. The number of hydrogen-bond acceptors (Lipinski definition) is 2. The number of carbonyl (C=O) groups excluding carboxylic acids is 1. The first kappa shape index (κ1) is 13.6. The Balaban J connectivity index is 1.56. The van der Waals surface area contributed by atoms with Gasteiger partial charge in [0.2, 0.25) is 5.24 Å². The van der Waals surface area contributed by atoms with Crippen LogP contribution in [0.5, 0.6) is 0 Å². The Hall–Kier alpha value is -0.0800. The molecule has 1 heterocycles. The molecule has 0 amide bonds. The second-order valence-electron chi connectivity index (χ2n) is 8.35. The minimum absolute atomic E-state index is 0.0189. The normalized spacial score (nSPS) is 47.6. The third kappa shape index (κ3) is 2.14. The van der Waals surface area contributed by atoms with Crippen molar-refractivity contribution in [2.45, 2.75) is 57.8 Å². The van der Waals surface area contributed by atoms with E-state index < -0.39 is 0 Å². The maximum atomic E-state index is 12.1. The molecule has 0 spiro atoms. The van der Waals surface area contributed by atoms with Crippen molar-refractivity contribution in [2.24, 2.45) is 22.7 Å². The van der Waals surface area contributed by atoms with E-state index in [4.69, 9.17) is 11.6 Å². The van der Waals surface area contributed by atoms with Gasteiger partial charge in [-0.25, -0.2) is 0 Å². The predicted molar refractivity (Wildman–Crippen MR) is 80.7 cm³/mol. The summed E-state index contributed by atoms with van der Waals surface area (Å²) in [4.78, 5) is 14.8. The van der Waals surface area contributed by atoms with Gasteiger partial charge in [0.05, 0.1) is 0 Å². The van der Waals surface area contributed by atoms with Crippen LogP contribution in [0.2, 0.25) is 0 Å². The van der Waals surface area contributed by atoms with Gasteiger partial charge in [0.1, 0.15) is 0 Å². The van der Waals surface area contributed by atoms with Crippen LogP contribution in [0.3, 0.4) is 0 Å². The summed E-state index contributed by atoms with van der Waals surface area (Å²) in [5.41, 5.74) is 0.285. The molecule has 4 bridgehead atoms. The largest absolute Gasteiger partial charge is 0.303 e. The molecule has 5 aliphatic rings. The molecule has 0 aromatic carbocycles. The molecule has 112 valence electrons. The predicted octanol–water partition coefficient (Wildman–Crippen LogP) is 3.82. The van der Waals surface area contributed by atoms with Crippen LogP contribution < -0.4 is 0 Å². The smallest absolute Gasteiger partial charge is 0.227 e. The fraction of sp³-hybridized carbons (Fsp3) is 0.941. The number of halogens is 1. The van der Waals surface area contributed by atoms with E-state index in [0.29, 0.717) is 5.41 Å². The maximum absolute atomic E-state index is 12.1. The molecule has 0 unspecified atom stereocenters. The molecule has 20 heavy (non-hydrogen) atoms. The van der Waals surface area contributed by atoms with Gasteiger partial charge in [0.15, 0.2) is 0 Å². The number of nitrogens with zero attached hydrogens (tertiary/aromatic N) is 1. The summed E-state index contributed by atoms with van der Waals surface area (Å²) in [5, 5.41) is -0.0189. The molecule has 1 saturated heterocycles. The molecule has 2 atom stereocenters. The summed E-state index contributed by atoms with van der Waals surface area (Å²) in [6.45, 7) is 3.80.